The van der Waals surface area contributed by atoms with E-state index in [1.807, 2.05) is 0 Å². The van der Waals surface area contributed by atoms with Gasteiger partial charge in [-0.2, -0.15) is 0 Å². The highest BCUT2D eigenvalue weighted by Crippen LogP contribution is 2.25. The van der Waals surface area contributed by atoms with Gasteiger partial charge in [0.25, 0.3) is 0 Å². The lowest BCUT2D eigenvalue weighted by Gasteiger charge is -2.24. The first-order valence-electron chi connectivity index (χ1n) is 7.79. The number of aryl methyl sites for hydroxylation is 4. The lowest BCUT2D eigenvalue weighted by atomic mass is 9.95. The van der Waals surface area contributed by atoms with Crippen LogP contribution in [-0.2, 0) is 0 Å². The lowest BCUT2D eigenvalue weighted by molar-refractivity contribution is 0.491. The quantitative estimate of drug-likeness (QED) is 0.798. The van der Waals surface area contributed by atoms with Gasteiger partial charge in [-0.25, -0.2) is 0 Å². The molecule has 0 amide bonds. The highest BCUT2D eigenvalue weighted by atomic mass is 14.9. The van der Waals surface area contributed by atoms with Crippen LogP contribution in [-0.4, -0.2) is 0 Å². The van der Waals surface area contributed by atoms with Gasteiger partial charge in [0.2, 0.25) is 0 Å². The van der Waals surface area contributed by atoms with Crippen molar-refractivity contribution in [3.8, 4) is 0 Å². The van der Waals surface area contributed by atoms with Gasteiger partial charge in [-0.3, -0.25) is 0 Å². The van der Waals surface area contributed by atoms with Gasteiger partial charge in [0, 0.05) is 12.1 Å². The van der Waals surface area contributed by atoms with E-state index < -0.39 is 0 Å². The van der Waals surface area contributed by atoms with Crippen molar-refractivity contribution < 1.29 is 0 Å². The van der Waals surface area contributed by atoms with Crippen LogP contribution in [0.3, 0.4) is 0 Å². The maximum absolute atomic E-state index is 3.74. The van der Waals surface area contributed by atoms with Gasteiger partial charge in [0.05, 0.1) is 0 Å². The molecule has 0 saturated heterocycles. The van der Waals surface area contributed by atoms with Crippen molar-refractivity contribution in [1.29, 1.82) is 0 Å². The minimum absolute atomic E-state index is 0.346. The Morgan fingerprint density at radius 2 is 1.24 bits per heavy atom. The molecule has 0 spiro atoms. The van der Waals surface area contributed by atoms with E-state index in [-0.39, 0.29) is 0 Å². The molecule has 0 aliphatic rings. The van der Waals surface area contributed by atoms with Crippen LogP contribution in [0.15, 0.2) is 36.4 Å². The number of hydrogen-bond donors (Lipinski definition) is 1. The van der Waals surface area contributed by atoms with Gasteiger partial charge in [-0.15, -0.1) is 0 Å². The summed E-state index contributed by atoms with van der Waals surface area (Å²) in [6.45, 7) is 13.3. The van der Waals surface area contributed by atoms with E-state index in [0.29, 0.717) is 12.1 Å². The monoisotopic (exact) mass is 281 g/mol. The maximum atomic E-state index is 3.74. The van der Waals surface area contributed by atoms with E-state index in [4.69, 9.17) is 0 Å². The first-order chi connectivity index (χ1) is 9.90. The molecule has 0 radical (unpaired) electrons. The Morgan fingerprint density at radius 1 is 0.667 bits per heavy atom. The summed E-state index contributed by atoms with van der Waals surface area (Å²) >= 11 is 0. The molecule has 0 saturated carbocycles. The fraction of sp³-hybridized carbons (Fsp3) is 0.400. The summed E-state index contributed by atoms with van der Waals surface area (Å²) < 4.78 is 0. The fourth-order valence-corrected chi connectivity index (χ4v) is 3.08. The normalized spacial score (nSPS) is 14.0. The topological polar surface area (TPSA) is 12.0 Å². The third-order valence-electron chi connectivity index (χ3n) is 4.50. The van der Waals surface area contributed by atoms with E-state index in [2.05, 4.69) is 83.3 Å². The average molecular weight is 281 g/mol. The molecule has 0 heterocycles. The number of benzene rings is 2. The Balaban J connectivity index is 2.20. The summed E-state index contributed by atoms with van der Waals surface area (Å²) in [6, 6.07) is 13.9. The number of nitrogens with one attached hydrogen (secondary N) is 1. The minimum atomic E-state index is 0.346. The third kappa shape index (κ3) is 3.54. The molecule has 0 bridgehead atoms. The number of rotatable bonds is 4. The Labute approximate surface area is 129 Å². The van der Waals surface area contributed by atoms with Gasteiger partial charge >= 0.3 is 0 Å². The highest BCUT2D eigenvalue weighted by Gasteiger charge is 2.14. The number of hydrogen-bond acceptors (Lipinski definition) is 1. The molecule has 0 aliphatic carbocycles. The Hall–Kier alpha value is -1.60. The molecule has 0 aliphatic heterocycles. The first-order valence-corrected chi connectivity index (χ1v) is 7.79. The van der Waals surface area contributed by atoms with Crippen molar-refractivity contribution in [3.63, 3.8) is 0 Å². The van der Waals surface area contributed by atoms with Crippen LogP contribution in [0.5, 0.6) is 0 Å². The average Bonchev–Trinajstić information content (AvgIpc) is 2.43. The van der Waals surface area contributed by atoms with E-state index >= 15 is 0 Å². The molecule has 1 heteroatoms. The predicted octanol–water partition coefficient (Wildman–Crippen LogP) is 5.33. The molecular formula is C20H27N. The van der Waals surface area contributed by atoms with Gasteiger partial charge in [0.15, 0.2) is 0 Å². The first kappa shape index (κ1) is 15.8. The molecule has 0 fully saturated rings. The van der Waals surface area contributed by atoms with E-state index in [9.17, 15) is 0 Å². The van der Waals surface area contributed by atoms with Crippen LogP contribution in [0.2, 0.25) is 0 Å². The van der Waals surface area contributed by atoms with E-state index in [0.717, 1.165) is 0 Å². The van der Waals surface area contributed by atoms with Crippen LogP contribution in [0, 0.1) is 27.7 Å². The molecule has 1 nitrogen and oxygen atoms in total. The Kier molecular flexibility index (Phi) is 4.84. The molecule has 2 atom stereocenters. The largest absolute Gasteiger partial charge is 0.304 e. The zero-order chi connectivity index (χ0) is 15.6. The predicted molar refractivity (Wildman–Crippen MR) is 91.8 cm³/mol. The molecule has 2 rings (SSSR count). The lowest BCUT2D eigenvalue weighted by Crippen LogP contribution is -2.23. The van der Waals surface area contributed by atoms with Crippen molar-refractivity contribution in [2.45, 2.75) is 53.6 Å². The van der Waals surface area contributed by atoms with Crippen LogP contribution >= 0.6 is 0 Å². The maximum Gasteiger partial charge on any atom is 0.0300 e. The van der Waals surface area contributed by atoms with Crippen LogP contribution in [0.1, 0.15) is 59.3 Å². The van der Waals surface area contributed by atoms with Crippen molar-refractivity contribution in [2.75, 3.05) is 0 Å². The second-order valence-electron chi connectivity index (χ2n) is 6.26. The third-order valence-corrected chi connectivity index (χ3v) is 4.50. The summed E-state index contributed by atoms with van der Waals surface area (Å²) in [5.74, 6) is 0. The van der Waals surface area contributed by atoms with Crippen LogP contribution < -0.4 is 5.32 Å². The summed E-state index contributed by atoms with van der Waals surface area (Å²) in [4.78, 5) is 0. The molecule has 21 heavy (non-hydrogen) atoms. The Morgan fingerprint density at radius 3 is 1.90 bits per heavy atom. The minimum Gasteiger partial charge on any atom is -0.304 e. The van der Waals surface area contributed by atoms with Crippen molar-refractivity contribution in [1.82, 2.24) is 5.32 Å². The molecule has 0 aromatic heterocycles. The van der Waals surface area contributed by atoms with Gasteiger partial charge in [-0.1, -0.05) is 36.4 Å². The smallest absolute Gasteiger partial charge is 0.0300 e. The van der Waals surface area contributed by atoms with Gasteiger partial charge in [-0.05, 0) is 74.9 Å². The SMILES string of the molecule is Cc1cc(C)c(C(C)NC(C)c2ccccc2C)cc1C. The summed E-state index contributed by atoms with van der Waals surface area (Å²) in [6.07, 6.45) is 0. The molecule has 2 unspecified atom stereocenters. The Bertz CT molecular complexity index is 628. The zero-order valence-electron chi connectivity index (χ0n) is 14.1. The van der Waals surface area contributed by atoms with E-state index in [1.54, 1.807) is 0 Å². The molecule has 2 aromatic rings. The van der Waals surface area contributed by atoms with Crippen molar-refractivity contribution in [2.24, 2.45) is 0 Å². The van der Waals surface area contributed by atoms with E-state index in [1.165, 1.54) is 33.4 Å². The van der Waals surface area contributed by atoms with Gasteiger partial charge < -0.3 is 5.32 Å². The molecule has 1 N–H and O–H groups in total. The van der Waals surface area contributed by atoms with Gasteiger partial charge in [0.1, 0.15) is 0 Å². The second kappa shape index (κ2) is 6.44. The van der Waals surface area contributed by atoms with Crippen molar-refractivity contribution in [3.05, 3.63) is 69.8 Å². The standard InChI is InChI=1S/C20H27N/c1-13-9-7-8-10-19(13)17(5)21-18(6)20-12-15(3)14(2)11-16(20)4/h7-12,17-18,21H,1-6H3. The van der Waals surface area contributed by atoms with Crippen LogP contribution in [0.4, 0.5) is 0 Å². The van der Waals surface area contributed by atoms with Crippen molar-refractivity contribution >= 4 is 0 Å². The van der Waals surface area contributed by atoms with Crippen LogP contribution in [0.25, 0.3) is 0 Å². The molecule has 112 valence electrons. The fourth-order valence-electron chi connectivity index (χ4n) is 3.08. The summed E-state index contributed by atoms with van der Waals surface area (Å²) in [7, 11) is 0. The highest BCUT2D eigenvalue weighted by molar-refractivity contribution is 5.38. The summed E-state index contributed by atoms with van der Waals surface area (Å²) in [5, 5.41) is 3.74. The molecule has 2 aromatic carbocycles. The summed E-state index contributed by atoms with van der Waals surface area (Å²) in [5.41, 5.74) is 8.24. The zero-order valence-corrected chi connectivity index (χ0v) is 14.1. The second-order valence-corrected chi connectivity index (χ2v) is 6.26. The molecular weight excluding hydrogens is 254 g/mol.